The molecule has 4 nitrogen and oxygen atoms in total. The molecule has 2 aliphatic rings. The number of hydrogen-bond donors (Lipinski definition) is 2. The molecule has 0 radical (unpaired) electrons. The molecule has 0 bridgehead atoms. The van der Waals surface area contributed by atoms with Crippen LogP contribution >= 0.6 is 0 Å². The van der Waals surface area contributed by atoms with Crippen LogP contribution in [0.5, 0.6) is 0 Å². The van der Waals surface area contributed by atoms with Crippen molar-refractivity contribution in [2.24, 2.45) is 0 Å². The lowest BCUT2D eigenvalue weighted by Gasteiger charge is -2.26. The summed E-state index contributed by atoms with van der Waals surface area (Å²) in [6, 6.07) is 0.734. The van der Waals surface area contributed by atoms with E-state index in [4.69, 9.17) is 0 Å². The van der Waals surface area contributed by atoms with Crippen LogP contribution in [-0.2, 0) is 9.84 Å². The van der Waals surface area contributed by atoms with Crippen molar-refractivity contribution in [1.29, 1.82) is 0 Å². The van der Waals surface area contributed by atoms with Crippen LogP contribution in [0.25, 0.3) is 0 Å². The van der Waals surface area contributed by atoms with Gasteiger partial charge >= 0.3 is 0 Å². The Morgan fingerprint density at radius 2 is 1.79 bits per heavy atom. The molecule has 0 saturated carbocycles. The van der Waals surface area contributed by atoms with E-state index in [2.05, 4.69) is 10.6 Å². The highest BCUT2D eigenvalue weighted by Gasteiger charge is 2.29. The van der Waals surface area contributed by atoms with E-state index >= 15 is 0 Å². The molecule has 0 aromatic rings. The van der Waals surface area contributed by atoms with E-state index in [1.165, 1.54) is 0 Å². The summed E-state index contributed by atoms with van der Waals surface area (Å²) in [5, 5.41) is 6.75. The van der Waals surface area contributed by atoms with Crippen molar-refractivity contribution >= 4 is 9.84 Å². The molecule has 2 rings (SSSR count). The average molecular weight is 218 g/mol. The van der Waals surface area contributed by atoms with Gasteiger partial charge < -0.3 is 10.6 Å². The van der Waals surface area contributed by atoms with E-state index in [0.29, 0.717) is 17.5 Å². The fourth-order valence-electron chi connectivity index (χ4n) is 2.25. The van der Waals surface area contributed by atoms with Crippen molar-refractivity contribution in [2.75, 3.05) is 24.6 Å². The Labute approximate surface area is 85.4 Å². The lowest BCUT2D eigenvalue weighted by Crippen LogP contribution is -2.45. The highest BCUT2D eigenvalue weighted by molar-refractivity contribution is 7.91. The Morgan fingerprint density at radius 1 is 1.07 bits per heavy atom. The van der Waals surface area contributed by atoms with Crippen LogP contribution in [-0.4, -0.2) is 45.1 Å². The van der Waals surface area contributed by atoms with Crippen molar-refractivity contribution in [1.82, 2.24) is 10.6 Å². The number of rotatable bonds is 2. The van der Waals surface area contributed by atoms with Gasteiger partial charge in [-0.2, -0.15) is 0 Å². The maximum Gasteiger partial charge on any atom is 0.151 e. The molecular formula is C9H18N2O2S. The molecule has 0 aromatic heterocycles. The second-order valence-corrected chi connectivity index (χ2v) is 6.52. The fourth-order valence-corrected chi connectivity index (χ4v) is 3.93. The summed E-state index contributed by atoms with van der Waals surface area (Å²) in [4.78, 5) is 0. The van der Waals surface area contributed by atoms with E-state index in [9.17, 15) is 8.42 Å². The van der Waals surface area contributed by atoms with Crippen LogP contribution in [0.1, 0.15) is 19.3 Å². The SMILES string of the molecule is O=S1(=O)CC[C@H](NC2CCNCC2)C1. The van der Waals surface area contributed by atoms with Gasteiger partial charge in [0, 0.05) is 12.1 Å². The van der Waals surface area contributed by atoms with Gasteiger partial charge in [-0.15, -0.1) is 0 Å². The van der Waals surface area contributed by atoms with Gasteiger partial charge in [-0.25, -0.2) is 8.42 Å². The molecule has 2 saturated heterocycles. The zero-order chi connectivity index (χ0) is 10.0. The molecule has 2 fully saturated rings. The summed E-state index contributed by atoms with van der Waals surface area (Å²) in [6.07, 6.45) is 3.04. The van der Waals surface area contributed by atoms with E-state index in [1.807, 2.05) is 0 Å². The Balaban J connectivity index is 1.80. The number of piperidine rings is 1. The minimum Gasteiger partial charge on any atom is -0.317 e. The van der Waals surface area contributed by atoms with Gasteiger partial charge in [0.05, 0.1) is 11.5 Å². The quantitative estimate of drug-likeness (QED) is 0.657. The zero-order valence-corrected chi connectivity index (χ0v) is 9.15. The maximum atomic E-state index is 11.2. The molecule has 0 amide bonds. The van der Waals surface area contributed by atoms with Crippen LogP contribution in [0.15, 0.2) is 0 Å². The minimum atomic E-state index is -2.72. The van der Waals surface area contributed by atoms with Crippen LogP contribution in [0.2, 0.25) is 0 Å². The topological polar surface area (TPSA) is 58.2 Å². The summed E-state index contributed by atoms with van der Waals surface area (Å²) in [5.74, 6) is 0.715. The first kappa shape index (κ1) is 10.4. The van der Waals surface area contributed by atoms with Gasteiger partial charge in [-0.1, -0.05) is 0 Å². The van der Waals surface area contributed by atoms with Crippen LogP contribution in [0, 0.1) is 0 Å². The number of hydrogen-bond acceptors (Lipinski definition) is 4. The second kappa shape index (κ2) is 4.16. The minimum absolute atomic E-state index is 0.211. The van der Waals surface area contributed by atoms with Crippen molar-refractivity contribution in [3.63, 3.8) is 0 Å². The predicted molar refractivity (Wildman–Crippen MR) is 56.1 cm³/mol. The fraction of sp³-hybridized carbons (Fsp3) is 1.00. The smallest absolute Gasteiger partial charge is 0.151 e. The molecule has 0 aromatic carbocycles. The normalized spacial score (nSPS) is 33.3. The summed E-state index contributed by atoms with van der Waals surface area (Å²) >= 11 is 0. The molecule has 1 atom stereocenters. The summed E-state index contributed by atoms with van der Waals surface area (Å²) in [5.41, 5.74) is 0. The van der Waals surface area contributed by atoms with Gasteiger partial charge in [0.15, 0.2) is 9.84 Å². The van der Waals surface area contributed by atoms with Gasteiger partial charge in [0.25, 0.3) is 0 Å². The largest absolute Gasteiger partial charge is 0.317 e. The summed E-state index contributed by atoms with van der Waals surface area (Å²) in [7, 11) is -2.72. The molecule has 2 N–H and O–H groups in total. The van der Waals surface area contributed by atoms with Crippen LogP contribution < -0.4 is 10.6 Å². The number of sulfone groups is 1. The average Bonchev–Trinajstić information content (AvgIpc) is 2.47. The standard InChI is InChI=1S/C9H18N2O2S/c12-14(13)6-3-9(7-14)11-8-1-4-10-5-2-8/h8-11H,1-7H2/t9-/m0/s1. The van der Waals surface area contributed by atoms with E-state index < -0.39 is 9.84 Å². The Hall–Kier alpha value is -0.130. The molecule has 5 heteroatoms. The molecular weight excluding hydrogens is 200 g/mol. The zero-order valence-electron chi connectivity index (χ0n) is 8.33. The lowest BCUT2D eigenvalue weighted by molar-refractivity contribution is 0.358. The maximum absolute atomic E-state index is 11.2. The third-order valence-electron chi connectivity index (χ3n) is 3.04. The van der Waals surface area contributed by atoms with Gasteiger partial charge in [0.2, 0.25) is 0 Å². The van der Waals surface area contributed by atoms with Crippen molar-refractivity contribution in [2.45, 2.75) is 31.3 Å². The van der Waals surface area contributed by atoms with E-state index in [0.717, 1.165) is 32.4 Å². The monoisotopic (exact) mass is 218 g/mol. The molecule has 0 aliphatic carbocycles. The van der Waals surface area contributed by atoms with E-state index in [-0.39, 0.29) is 6.04 Å². The van der Waals surface area contributed by atoms with Crippen LogP contribution in [0.3, 0.4) is 0 Å². The molecule has 14 heavy (non-hydrogen) atoms. The second-order valence-electron chi connectivity index (χ2n) is 4.29. The Morgan fingerprint density at radius 3 is 2.36 bits per heavy atom. The first-order valence-corrected chi connectivity index (χ1v) is 7.15. The first-order chi connectivity index (χ1) is 6.66. The van der Waals surface area contributed by atoms with Crippen molar-refractivity contribution in [3.05, 3.63) is 0 Å². The third kappa shape index (κ3) is 2.68. The predicted octanol–water partition coefficient (Wildman–Crippen LogP) is -0.485. The van der Waals surface area contributed by atoms with Crippen LogP contribution in [0.4, 0.5) is 0 Å². The van der Waals surface area contributed by atoms with Gasteiger partial charge in [0.1, 0.15) is 0 Å². The molecule has 2 aliphatic heterocycles. The summed E-state index contributed by atoms with van der Waals surface area (Å²) < 4.78 is 22.5. The van der Waals surface area contributed by atoms with Crippen molar-refractivity contribution in [3.8, 4) is 0 Å². The highest BCUT2D eigenvalue weighted by Crippen LogP contribution is 2.14. The molecule has 2 heterocycles. The lowest BCUT2D eigenvalue weighted by atomic mass is 10.1. The van der Waals surface area contributed by atoms with E-state index in [1.54, 1.807) is 0 Å². The van der Waals surface area contributed by atoms with Gasteiger partial charge in [-0.3, -0.25) is 0 Å². The van der Waals surface area contributed by atoms with Crippen molar-refractivity contribution < 1.29 is 8.42 Å². The Kier molecular flexibility index (Phi) is 3.09. The van der Waals surface area contributed by atoms with Gasteiger partial charge in [-0.05, 0) is 32.4 Å². The molecule has 0 unspecified atom stereocenters. The highest BCUT2D eigenvalue weighted by atomic mass is 32.2. The molecule has 0 spiro atoms. The summed E-state index contributed by atoms with van der Waals surface area (Å²) in [6.45, 7) is 2.11. The number of nitrogens with one attached hydrogen (secondary N) is 2. The third-order valence-corrected chi connectivity index (χ3v) is 4.81. The first-order valence-electron chi connectivity index (χ1n) is 5.33. The molecule has 82 valence electrons. The Bertz CT molecular complexity index is 283.